The molecule has 0 atom stereocenters. The first-order valence-corrected chi connectivity index (χ1v) is 5.30. The van der Waals surface area contributed by atoms with Gasteiger partial charge < -0.3 is 9.84 Å². The Kier molecular flexibility index (Phi) is 5.15. The van der Waals surface area contributed by atoms with Crippen molar-refractivity contribution < 1.29 is 14.6 Å². The molecule has 0 aromatic heterocycles. The lowest BCUT2D eigenvalue weighted by Crippen LogP contribution is -1.95. The molecule has 0 saturated heterocycles. The molecular formula is C11H10Cl2O3. The van der Waals surface area contributed by atoms with Crippen LogP contribution in [0, 0.1) is 0 Å². The van der Waals surface area contributed by atoms with Crippen LogP contribution in [0.25, 0.3) is 0 Å². The average Bonchev–Trinajstić information content (AvgIpc) is 2.20. The molecule has 0 spiro atoms. The summed E-state index contributed by atoms with van der Waals surface area (Å²) in [6.45, 7) is 0.272. The van der Waals surface area contributed by atoms with E-state index in [4.69, 9.17) is 33.0 Å². The molecule has 0 heterocycles. The molecule has 0 fully saturated rings. The van der Waals surface area contributed by atoms with Crippen LogP contribution in [0.15, 0.2) is 30.4 Å². The highest BCUT2D eigenvalue weighted by Crippen LogP contribution is 2.27. The minimum Gasteiger partial charge on any atom is -0.488 e. The summed E-state index contributed by atoms with van der Waals surface area (Å²) >= 11 is 11.6. The van der Waals surface area contributed by atoms with E-state index in [0.29, 0.717) is 15.8 Å². The Hall–Kier alpha value is -1.19. The molecule has 0 bridgehead atoms. The molecule has 0 radical (unpaired) electrons. The zero-order valence-corrected chi connectivity index (χ0v) is 9.83. The van der Waals surface area contributed by atoms with Gasteiger partial charge in [-0.25, -0.2) is 0 Å². The second kappa shape index (κ2) is 6.40. The van der Waals surface area contributed by atoms with Crippen molar-refractivity contribution in [2.24, 2.45) is 0 Å². The van der Waals surface area contributed by atoms with Gasteiger partial charge in [-0.3, -0.25) is 4.79 Å². The minimum atomic E-state index is -0.874. The number of aliphatic carboxylic acids is 1. The van der Waals surface area contributed by atoms with E-state index in [1.54, 1.807) is 24.3 Å². The summed E-state index contributed by atoms with van der Waals surface area (Å²) in [4.78, 5) is 10.2. The molecule has 86 valence electrons. The van der Waals surface area contributed by atoms with Crippen molar-refractivity contribution in [1.29, 1.82) is 0 Å². The fourth-order valence-corrected chi connectivity index (χ4v) is 1.45. The van der Waals surface area contributed by atoms with Gasteiger partial charge >= 0.3 is 5.97 Å². The summed E-state index contributed by atoms with van der Waals surface area (Å²) in [6, 6.07) is 4.92. The maximum atomic E-state index is 10.2. The topological polar surface area (TPSA) is 46.5 Å². The van der Waals surface area contributed by atoms with Gasteiger partial charge in [0.25, 0.3) is 0 Å². The van der Waals surface area contributed by atoms with Gasteiger partial charge in [0.05, 0.1) is 11.4 Å². The Morgan fingerprint density at radius 3 is 2.75 bits per heavy atom. The molecule has 1 rings (SSSR count). The van der Waals surface area contributed by atoms with Crippen LogP contribution in [0.5, 0.6) is 5.75 Å². The fourth-order valence-electron chi connectivity index (χ4n) is 0.982. The second-order valence-corrected chi connectivity index (χ2v) is 3.80. The van der Waals surface area contributed by atoms with E-state index in [9.17, 15) is 4.79 Å². The zero-order valence-electron chi connectivity index (χ0n) is 8.32. The first-order chi connectivity index (χ1) is 7.59. The van der Waals surface area contributed by atoms with Gasteiger partial charge in [0.15, 0.2) is 0 Å². The third-order valence-electron chi connectivity index (χ3n) is 1.69. The van der Waals surface area contributed by atoms with E-state index in [0.717, 1.165) is 0 Å². The number of carboxylic acid groups (broad SMARTS) is 1. The van der Waals surface area contributed by atoms with Crippen molar-refractivity contribution >= 4 is 29.2 Å². The van der Waals surface area contributed by atoms with Crippen LogP contribution in [0.3, 0.4) is 0 Å². The standard InChI is InChI=1S/C11H10Cl2O3/c12-8-4-5-10(9(13)7-8)16-6-2-1-3-11(14)15/h1-2,4-5,7H,3,6H2,(H,14,15)/b2-1+. The van der Waals surface area contributed by atoms with Crippen molar-refractivity contribution in [1.82, 2.24) is 0 Å². The van der Waals surface area contributed by atoms with Crippen molar-refractivity contribution in [2.75, 3.05) is 6.61 Å². The molecule has 0 aliphatic carbocycles. The van der Waals surface area contributed by atoms with Gasteiger partial charge in [-0.1, -0.05) is 35.4 Å². The fraction of sp³-hybridized carbons (Fsp3) is 0.182. The highest BCUT2D eigenvalue weighted by molar-refractivity contribution is 6.35. The van der Waals surface area contributed by atoms with Gasteiger partial charge in [0, 0.05) is 5.02 Å². The van der Waals surface area contributed by atoms with Crippen LogP contribution < -0.4 is 4.74 Å². The van der Waals surface area contributed by atoms with Crippen molar-refractivity contribution in [2.45, 2.75) is 6.42 Å². The monoisotopic (exact) mass is 260 g/mol. The number of carbonyl (C=O) groups is 1. The molecule has 0 aliphatic heterocycles. The van der Waals surface area contributed by atoms with Crippen LogP contribution in [-0.4, -0.2) is 17.7 Å². The van der Waals surface area contributed by atoms with Crippen LogP contribution >= 0.6 is 23.2 Å². The summed E-state index contributed by atoms with van der Waals surface area (Å²) in [5, 5.41) is 9.35. The number of carboxylic acids is 1. The Balaban J connectivity index is 2.43. The normalized spacial score (nSPS) is 10.6. The summed E-state index contributed by atoms with van der Waals surface area (Å²) in [5.41, 5.74) is 0. The van der Waals surface area contributed by atoms with Gasteiger partial charge in [-0.05, 0) is 18.2 Å². The molecule has 1 N–H and O–H groups in total. The molecule has 1 aromatic carbocycles. The predicted molar refractivity (Wildman–Crippen MR) is 63.3 cm³/mol. The van der Waals surface area contributed by atoms with E-state index in [2.05, 4.69) is 0 Å². The Morgan fingerprint density at radius 2 is 2.12 bits per heavy atom. The number of halogens is 2. The zero-order chi connectivity index (χ0) is 12.0. The van der Waals surface area contributed by atoms with E-state index in [-0.39, 0.29) is 13.0 Å². The number of hydrogen-bond donors (Lipinski definition) is 1. The third-order valence-corrected chi connectivity index (χ3v) is 2.22. The van der Waals surface area contributed by atoms with Crippen LogP contribution in [0.1, 0.15) is 6.42 Å². The van der Waals surface area contributed by atoms with Gasteiger partial charge in [-0.2, -0.15) is 0 Å². The Morgan fingerprint density at radius 1 is 1.38 bits per heavy atom. The van der Waals surface area contributed by atoms with Crippen molar-refractivity contribution in [3.05, 3.63) is 40.4 Å². The molecular weight excluding hydrogens is 251 g/mol. The lowest BCUT2D eigenvalue weighted by molar-refractivity contribution is -0.136. The van der Waals surface area contributed by atoms with Gasteiger partial charge in [0.2, 0.25) is 0 Å². The molecule has 0 saturated carbocycles. The lowest BCUT2D eigenvalue weighted by atomic mass is 10.3. The lowest BCUT2D eigenvalue weighted by Gasteiger charge is -2.05. The number of ether oxygens (including phenoxy) is 1. The highest BCUT2D eigenvalue weighted by atomic mass is 35.5. The number of benzene rings is 1. The summed E-state index contributed by atoms with van der Waals surface area (Å²) < 4.78 is 5.30. The van der Waals surface area contributed by atoms with E-state index < -0.39 is 5.97 Å². The Bertz CT molecular complexity index is 402. The minimum absolute atomic E-state index is 0.0162. The first-order valence-electron chi connectivity index (χ1n) is 4.54. The maximum Gasteiger partial charge on any atom is 0.307 e. The Labute approximate surface area is 103 Å². The molecule has 16 heavy (non-hydrogen) atoms. The maximum absolute atomic E-state index is 10.2. The molecule has 5 heteroatoms. The van der Waals surface area contributed by atoms with Gasteiger partial charge in [0.1, 0.15) is 12.4 Å². The van der Waals surface area contributed by atoms with E-state index >= 15 is 0 Å². The molecule has 3 nitrogen and oxygen atoms in total. The SMILES string of the molecule is O=C(O)C/C=C/COc1ccc(Cl)cc1Cl. The largest absolute Gasteiger partial charge is 0.488 e. The van der Waals surface area contributed by atoms with Gasteiger partial charge in [-0.15, -0.1) is 0 Å². The molecule has 0 unspecified atom stereocenters. The predicted octanol–water partition coefficient (Wildman–Crippen LogP) is 3.40. The number of rotatable bonds is 5. The summed E-state index contributed by atoms with van der Waals surface area (Å²) in [5.74, 6) is -0.355. The second-order valence-electron chi connectivity index (χ2n) is 2.96. The summed E-state index contributed by atoms with van der Waals surface area (Å²) in [6.07, 6.45) is 3.13. The summed E-state index contributed by atoms with van der Waals surface area (Å²) in [7, 11) is 0. The molecule has 0 aliphatic rings. The molecule has 1 aromatic rings. The highest BCUT2D eigenvalue weighted by Gasteiger charge is 2.00. The van der Waals surface area contributed by atoms with Crippen LogP contribution in [0.2, 0.25) is 10.0 Å². The van der Waals surface area contributed by atoms with Crippen molar-refractivity contribution in [3.8, 4) is 5.75 Å². The average molecular weight is 261 g/mol. The smallest absolute Gasteiger partial charge is 0.307 e. The number of hydrogen-bond acceptors (Lipinski definition) is 2. The van der Waals surface area contributed by atoms with Crippen LogP contribution in [-0.2, 0) is 4.79 Å². The molecule has 0 amide bonds. The van der Waals surface area contributed by atoms with Crippen molar-refractivity contribution in [3.63, 3.8) is 0 Å². The quantitative estimate of drug-likeness (QED) is 0.826. The first kappa shape index (κ1) is 12.9. The van der Waals surface area contributed by atoms with Crippen LogP contribution in [0.4, 0.5) is 0 Å². The third kappa shape index (κ3) is 4.55. The van der Waals surface area contributed by atoms with E-state index in [1.807, 2.05) is 0 Å². The van der Waals surface area contributed by atoms with E-state index in [1.165, 1.54) is 6.08 Å².